The quantitative estimate of drug-likeness (QED) is 0.823. The molecule has 100 valence electrons. The fourth-order valence-corrected chi connectivity index (χ4v) is 2.46. The number of methoxy groups -OCH3 is 1. The van der Waals surface area contributed by atoms with Crippen LogP contribution >= 0.6 is 0 Å². The van der Waals surface area contributed by atoms with Gasteiger partial charge in [0.05, 0.1) is 6.61 Å². The van der Waals surface area contributed by atoms with Gasteiger partial charge in [0.1, 0.15) is 0 Å². The number of hydrogen-bond donors (Lipinski definition) is 1. The highest BCUT2D eigenvalue weighted by Crippen LogP contribution is 2.15. The topological polar surface area (TPSA) is 60.5 Å². The summed E-state index contributed by atoms with van der Waals surface area (Å²) in [6.45, 7) is 4.57. The van der Waals surface area contributed by atoms with Crippen LogP contribution in [0.2, 0.25) is 0 Å². The zero-order chi connectivity index (χ0) is 13.0. The average Bonchev–Trinajstić information content (AvgIpc) is 2.79. The lowest BCUT2D eigenvalue weighted by Gasteiger charge is -2.16. The summed E-state index contributed by atoms with van der Waals surface area (Å²) in [6, 6.07) is 3.16. The summed E-state index contributed by atoms with van der Waals surface area (Å²) in [5, 5.41) is 0. The Balaban J connectivity index is 1.85. The number of nitrogens with zero attached hydrogens (tertiary/aromatic N) is 2. The van der Waals surface area contributed by atoms with Gasteiger partial charge in [0, 0.05) is 44.7 Å². The molecule has 1 atom stereocenters. The Morgan fingerprint density at radius 2 is 2.28 bits per heavy atom. The van der Waals surface area contributed by atoms with Crippen LogP contribution in [-0.4, -0.2) is 42.8 Å². The van der Waals surface area contributed by atoms with Crippen LogP contribution in [-0.2, 0) is 11.3 Å². The molecule has 18 heavy (non-hydrogen) atoms. The molecule has 0 bridgehead atoms. The van der Waals surface area contributed by atoms with Gasteiger partial charge in [-0.15, -0.1) is 0 Å². The Kier molecular flexibility index (Phi) is 4.38. The van der Waals surface area contributed by atoms with E-state index in [2.05, 4.69) is 4.90 Å². The molecule has 0 saturated carbocycles. The van der Waals surface area contributed by atoms with E-state index in [1.165, 1.54) is 12.5 Å². The summed E-state index contributed by atoms with van der Waals surface area (Å²) in [7, 11) is 1.75. The van der Waals surface area contributed by atoms with Crippen molar-refractivity contribution in [3.63, 3.8) is 0 Å². The molecule has 1 fully saturated rings. The van der Waals surface area contributed by atoms with Gasteiger partial charge in [-0.2, -0.15) is 0 Å². The second kappa shape index (κ2) is 6.02. The van der Waals surface area contributed by atoms with Crippen LogP contribution in [0.1, 0.15) is 6.42 Å². The van der Waals surface area contributed by atoms with Crippen molar-refractivity contribution in [2.75, 3.05) is 39.1 Å². The molecule has 0 aromatic carbocycles. The Morgan fingerprint density at radius 3 is 3.06 bits per heavy atom. The number of aromatic nitrogens is 1. The number of pyridine rings is 1. The molecule has 2 heterocycles. The van der Waals surface area contributed by atoms with E-state index < -0.39 is 0 Å². The highest BCUT2D eigenvalue weighted by molar-refractivity contribution is 5.33. The molecule has 2 N–H and O–H groups in total. The third-order valence-electron chi connectivity index (χ3n) is 3.44. The highest BCUT2D eigenvalue weighted by atomic mass is 16.5. The zero-order valence-electron chi connectivity index (χ0n) is 10.8. The minimum absolute atomic E-state index is 0.0110. The molecule has 1 aliphatic heterocycles. The first-order valence-corrected chi connectivity index (χ1v) is 6.36. The molecular weight excluding hydrogens is 230 g/mol. The zero-order valence-corrected chi connectivity index (χ0v) is 10.8. The van der Waals surface area contributed by atoms with E-state index in [0.717, 1.165) is 26.2 Å². The molecule has 1 aromatic rings. The Bertz CT molecular complexity index is 444. The molecule has 5 heteroatoms. The largest absolute Gasteiger partial charge is 0.398 e. The van der Waals surface area contributed by atoms with Crippen molar-refractivity contribution in [1.29, 1.82) is 0 Å². The molecule has 1 aromatic heterocycles. The lowest BCUT2D eigenvalue weighted by Crippen LogP contribution is -2.29. The minimum atomic E-state index is 0.0110. The summed E-state index contributed by atoms with van der Waals surface area (Å²) in [5.74, 6) is 0.632. The van der Waals surface area contributed by atoms with Crippen LogP contribution in [0, 0.1) is 5.92 Å². The molecule has 1 unspecified atom stereocenters. The summed E-state index contributed by atoms with van der Waals surface area (Å²) < 4.78 is 6.85. The minimum Gasteiger partial charge on any atom is -0.398 e. The number of rotatable bonds is 5. The van der Waals surface area contributed by atoms with Crippen LogP contribution in [0.15, 0.2) is 23.1 Å². The second-order valence-electron chi connectivity index (χ2n) is 4.90. The predicted octanol–water partition coefficient (Wildman–Crippen LogP) is 0.399. The van der Waals surface area contributed by atoms with E-state index in [0.29, 0.717) is 18.2 Å². The van der Waals surface area contributed by atoms with Crippen molar-refractivity contribution in [3.05, 3.63) is 28.7 Å². The molecule has 0 amide bonds. The summed E-state index contributed by atoms with van der Waals surface area (Å²) >= 11 is 0. The average molecular weight is 251 g/mol. The van der Waals surface area contributed by atoms with Crippen molar-refractivity contribution in [3.8, 4) is 0 Å². The standard InChI is InChI=1S/C13H21N3O2/c1-18-10-11-4-5-15(8-11)6-7-16-9-12(14)2-3-13(16)17/h2-3,9,11H,4-8,10,14H2,1H3. The van der Waals surface area contributed by atoms with Crippen molar-refractivity contribution < 1.29 is 4.74 Å². The molecule has 0 aliphatic carbocycles. The Labute approximate surface area is 107 Å². The first-order chi connectivity index (χ1) is 8.69. The van der Waals surface area contributed by atoms with Gasteiger partial charge in [0.2, 0.25) is 0 Å². The number of likely N-dealkylation sites (tertiary alicyclic amines) is 1. The fourth-order valence-electron chi connectivity index (χ4n) is 2.46. The Hall–Kier alpha value is -1.33. The number of nitrogen functional groups attached to an aromatic ring is 1. The molecule has 1 saturated heterocycles. The van der Waals surface area contributed by atoms with Crippen molar-refractivity contribution >= 4 is 5.69 Å². The second-order valence-corrected chi connectivity index (χ2v) is 4.90. The maximum absolute atomic E-state index is 11.6. The van der Waals surface area contributed by atoms with E-state index in [-0.39, 0.29) is 5.56 Å². The molecule has 0 radical (unpaired) electrons. The third kappa shape index (κ3) is 3.34. The van der Waals surface area contributed by atoms with E-state index >= 15 is 0 Å². The molecule has 1 aliphatic rings. The molecule has 5 nitrogen and oxygen atoms in total. The van der Waals surface area contributed by atoms with Crippen LogP contribution in [0.3, 0.4) is 0 Å². The van der Waals surface area contributed by atoms with Gasteiger partial charge in [-0.25, -0.2) is 0 Å². The van der Waals surface area contributed by atoms with Gasteiger partial charge in [-0.3, -0.25) is 4.79 Å². The first kappa shape index (κ1) is 13.1. The third-order valence-corrected chi connectivity index (χ3v) is 3.44. The predicted molar refractivity (Wildman–Crippen MR) is 71.5 cm³/mol. The SMILES string of the molecule is COCC1CCN(CCn2cc(N)ccc2=O)C1. The normalized spacial score (nSPS) is 20.4. The van der Waals surface area contributed by atoms with Gasteiger partial charge in [-0.05, 0) is 24.9 Å². The molecular formula is C13H21N3O2. The highest BCUT2D eigenvalue weighted by Gasteiger charge is 2.21. The maximum Gasteiger partial charge on any atom is 0.250 e. The first-order valence-electron chi connectivity index (χ1n) is 6.36. The van der Waals surface area contributed by atoms with Crippen LogP contribution in [0.4, 0.5) is 5.69 Å². The van der Waals surface area contributed by atoms with Gasteiger partial charge in [0.25, 0.3) is 5.56 Å². The molecule has 0 spiro atoms. The maximum atomic E-state index is 11.6. The number of nitrogens with two attached hydrogens (primary N) is 1. The monoisotopic (exact) mass is 251 g/mol. The smallest absolute Gasteiger partial charge is 0.250 e. The lowest BCUT2D eigenvalue weighted by molar-refractivity contribution is 0.153. The van der Waals surface area contributed by atoms with Crippen molar-refractivity contribution in [1.82, 2.24) is 9.47 Å². The van der Waals surface area contributed by atoms with Crippen LogP contribution in [0.25, 0.3) is 0 Å². The van der Waals surface area contributed by atoms with Gasteiger partial charge in [-0.1, -0.05) is 0 Å². The van der Waals surface area contributed by atoms with Gasteiger partial charge < -0.3 is 19.9 Å². The van der Waals surface area contributed by atoms with E-state index in [4.69, 9.17) is 10.5 Å². The number of hydrogen-bond acceptors (Lipinski definition) is 4. The molecule has 2 rings (SSSR count). The van der Waals surface area contributed by atoms with Crippen molar-refractivity contribution in [2.45, 2.75) is 13.0 Å². The van der Waals surface area contributed by atoms with Crippen molar-refractivity contribution in [2.24, 2.45) is 5.92 Å². The number of anilines is 1. The summed E-state index contributed by atoms with van der Waals surface area (Å²) in [5.41, 5.74) is 6.33. The van der Waals surface area contributed by atoms with Gasteiger partial charge >= 0.3 is 0 Å². The van der Waals surface area contributed by atoms with E-state index in [1.54, 1.807) is 23.9 Å². The summed E-state index contributed by atoms with van der Waals surface area (Å²) in [4.78, 5) is 14.0. The lowest BCUT2D eigenvalue weighted by atomic mass is 10.1. The summed E-state index contributed by atoms with van der Waals surface area (Å²) in [6.07, 6.45) is 2.89. The van der Waals surface area contributed by atoms with Gasteiger partial charge in [0.15, 0.2) is 0 Å². The van der Waals surface area contributed by atoms with Crippen LogP contribution < -0.4 is 11.3 Å². The van der Waals surface area contributed by atoms with E-state index in [1.807, 2.05) is 0 Å². The number of ether oxygens (including phenoxy) is 1. The Morgan fingerprint density at radius 1 is 1.44 bits per heavy atom. The van der Waals surface area contributed by atoms with E-state index in [9.17, 15) is 4.79 Å². The van der Waals surface area contributed by atoms with Crippen LogP contribution in [0.5, 0.6) is 0 Å². The fraction of sp³-hybridized carbons (Fsp3) is 0.615.